The van der Waals surface area contributed by atoms with Gasteiger partial charge >= 0.3 is 5.97 Å². The van der Waals surface area contributed by atoms with E-state index in [0.29, 0.717) is 11.6 Å². The standard InChI is InChI=1S/C7H11N5O2S/c13-6(14)5-3-4(1-2-8-5)15-7-9-11-12-10-7/h4-5,8H,1-3H2,(H,13,14)(H,9,10,11,12)/t4?,5-/m0/s1. The zero-order valence-electron chi connectivity index (χ0n) is 7.88. The van der Waals surface area contributed by atoms with Gasteiger partial charge in [-0.15, -0.1) is 5.10 Å². The maximum atomic E-state index is 10.8. The number of aromatic amines is 1. The number of piperidine rings is 1. The van der Waals surface area contributed by atoms with E-state index >= 15 is 0 Å². The SMILES string of the molecule is O=C(O)[C@@H]1CC(Sc2nnn[nH]2)CCN1. The van der Waals surface area contributed by atoms with Crippen molar-refractivity contribution in [1.82, 2.24) is 25.9 Å². The van der Waals surface area contributed by atoms with Gasteiger partial charge in [-0.3, -0.25) is 4.79 Å². The molecule has 0 radical (unpaired) electrons. The van der Waals surface area contributed by atoms with Crippen LogP contribution in [-0.4, -0.2) is 49.5 Å². The normalized spacial score (nSPS) is 26.4. The minimum Gasteiger partial charge on any atom is -0.480 e. The van der Waals surface area contributed by atoms with Gasteiger partial charge in [-0.2, -0.15) is 0 Å². The van der Waals surface area contributed by atoms with Crippen LogP contribution in [0.15, 0.2) is 5.16 Å². The van der Waals surface area contributed by atoms with Gasteiger partial charge in [0.05, 0.1) is 0 Å². The summed E-state index contributed by atoms with van der Waals surface area (Å²) < 4.78 is 0. The molecule has 82 valence electrons. The minimum absolute atomic E-state index is 0.252. The number of tetrazole rings is 1. The fourth-order valence-corrected chi connectivity index (χ4v) is 2.55. The molecule has 0 aromatic carbocycles. The van der Waals surface area contributed by atoms with Crippen molar-refractivity contribution < 1.29 is 9.90 Å². The monoisotopic (exact) mass is 229 g/mol. The number of nitrogens with zero attached hydrogens (tertiary/aromatic N) is 3. The molecule has 7 nitrogen and oxygen atoms in total. The Hall–Kier alpha value is -1.15. The largest absolute Gasteiger partial charge is 0.480 e. The Morgan fingerprint density at radius 2 is 2.47 bits per heavy atom. The second kappa shape index (κ2) is 4.58. The number of carbonyl (C=O) groups is 1. The van der Waals surface area contributed by atoms with E-state index in [-0.39, 0.29) is 5.25 Å². The molecule has 8 heteroatoms. The molecule has 15 heavy (non-hydrogen) atoms. The van der Waals surface area contributed by atoms with E-state index in [4.69, 9.17) is 5.11 Å². The summed E-state index contributed by atoms with van der Waals surface area (Å²) in [7, 11) is 0. The van der Waals surface area contributed by atoms with Gasteiger partial charge in [0, 0.05) is 5.25 Å². The lowest BCUT2D eigenvalue weighted by Gasteiger charge is -2.26. The van der Waals surface area contributed by atoms with Crippen LogP contribution in [0.1, 0.15) is 12.8 Å². The molecule has 3 N–H and O–H groups in total. The lowest BCUT2D eigenvalue weighted by molar-refractivity contribution is -0.140. The Morgan fingerprint density at radius 3 is 3.13 bits per heavy atom. The molecule has 2 atom stereocenters. The molecule has 0 amide bonds. The lowest BCUT2D eigenvalue weighted by atomic mass is 10.1. The van der Waals surface area contributed by atoms with E-state index in [2.05, 4.69) is 25.9 Å². The van der Waals surface area contributed by atoms with Gasteiger partial charge in [0.15, 0.2) is 0 Å². The average molecular weight is 229 g/mol. The second-order valence-electron chi connectivity index (χ2n) is 3.32. The summed E-state index contributed by atoms with van der Waals surface area (Å²) >= 11 is 1.50. The fourth-order valence-electron chi connectivity index (χ4n) is 1.54. The third-order valence-corrected chi connectivity index (χ3v) is 3.42. The van der Waals surface area contributed by atoms with Crippen molar-refractivity contribution in [2.24, 2.45) is 0 Å². The number of nitrogens with one attached hydrogen (secondary N) is 2. The molecular formula is C7H11N5O2S. The highest BCUT2D eigenvalue weighted by Crippen LogP contribution is 2.27. The van der Waals surface area contributed by atoms with E-state index in [1.807, 2.05) is 0 Å². The van der Waals surface area contributed by atoms with E-state index in [0.717, 1.165) is 13.0 Å². The molecule has 2 rings (SSSR count). The van der Waals surface area contributed by atoms with Crippen molar-refractivity contribution >= 4 is 17.7 Å². The number of carboxylic acid groups (broad SMARTS) is 1. The van der Waals surface area contributed by atoms with E-state index in [1.54, 1.807) is 0 Å². The van der Waals surface area contributed by atoms with E-state index < -0.39 is 12.0 Å². The lowest BCUT2D eigenvalue weighted by Crippen LogP contribution is -2.44. The van der Waals surface area contributed by atoms with Gasteiger partial charge in [-0.25, -0.2) is 5.10 Å². The van der Waals surface area contributed by atoms with Crippen LogP contribution in [-0.2, 0) is 4.79 Å². The highest BCUT2D eigenvalue weighted by atomic mass is 32.2. The number of carboxylic acids is 1. The topological polar surface area (TPSA) is 104 Å². The fraction of sp³-hybridized carbons (Fsp3) is 0.714. The summed E-state index contributed by atoms with van der Waals surface area (Å²) in [6.45, 7) is 0.718. The van der Waals surface area contributed by atoms with Crippen molar-refractivity contribution in [2.45, 2.75) is 29.3 Å². The predicted octanol–water partition coefficient (Wildman–Crippen LogP) is -0.503. The summed E-state index contributed by atoms with van der Waals surface area (Å²) in [5, 5.41) is 26.1. The molecule has 2 heterocycles. The maximum Gasteiger partial charge on any atom is 0.320 e. The summed E-state index contributed by atoms with van der Waals surface area (Å²) in [6.07, 6.45) is 1.52. The highest BCUT2D eigenvalue weighted by Gasteiger charge is 2.27. The molecular weight excluding hydrogens is 218 g/mol. The van der Waals surface area contributed by atoms with E-state index in [9.17, 15) is 4.79 Å². The number of hydrogen-bond acceptors (Lipinski definition) is 6. The Kier molecular flexibility index (Phi) is 3.17. The van der Waals surface area contributed by atoms with Crippen LogP contribution in [0.4, 0.5) is 0 Å². The summed E-state index contributed by atoms with van der Waals surface area (Å²) in [5.74, 6) is -0.795. The average Bonchev–Trinajstić information content (AvgIpc) is 2.71. The first kappa shape index (κ1) is 10.4. The number of aromatic nitrogens is 4. The number of hydrogen-bond donors (Lipinski definition) is 3. The zero-order valence-corrected chi connectivity index (χ0v) is 8.70. The quantitative estimate of drug-likeness (QED) is 0.641. The first-order chi connectivity index (χ1) is 7.25. The minimum atomic E-state index is -0.795. The second-order valence-corrected chi connectivity index (χ2v) is 4.60. The Labute approximate surface area is 90.0 Å². The summed E-state index contributed by atoms with van der Waals surface area (Å²) in [5.41, 5.74) is 0. The first-order valence-corrected chi connectivity index (χ1v) is 5.50. The van der Waals surface area contributed by atoms with Crippen molar-refractivity contribution in [3.8, 4) is 0 Å². The van der Waals surface area contributed by atoms with Gasteiger partial charge in [0.1, 0.15) is 6.04 Å². The zero-order chi connectivity index (χ0) is 10.7. The molecule has 1 aromatic heterocycles. The van der Waals surface area contributed by atoms with Crippen LogP contribution in [0.5, 0.6) is 0 Å². The number of aliphatic carboxylic acids is 1. The summed E-state index contributed by atoms with van der Waals surface area (Å²) in [6, 6.07) is -0.452. The Balaban J connectivity index is 1.90. The van der Waals surface area contributed by atoms with Crippen molar-refractivity contribution in [1.29, 1.82) is 0 Å². The molecule has 1 saturated heterocycles. The van der Waals surface area contributed by atoms with Crippen LogP contribution in [0.3, 0.4) is 0 Å². The van der Waals surface area contributed by atoms with Gasteiger partial charge < -0.3 is 10.4 Å². The van der Waals surface area contributed by atoms with Crippen LogP contribution >= 0.6 is 11.8 Å². The molecule has 0 spiro atoms. The Bertz CT molecular complexity index is 330. The van der Waals surface area contributed by atoms with Gasteiger partial charge in [0.2, 0.25) is 5.16 Å². The Morgan fingerprint density at radius 1 is 1.60 bits per heavy atom. The molecule has 1 unspecified atom stereocenters. The third kappa shape index (κ3) is 2.66. The van der Waals surface area contributed by atoms with Gasteiger partial charge in [-0.1, -0.05) is 11.8 Å². The summed E-state index contributed by atoms with van der Waals surface area (Å²) in [4.78, 5) is 10.8. The predicted molar refractivity (Wildman–Crippen MR) is 52.5 cm³/mol. The number of rotatable bonds is 3. The molecule has 1 aromatic rings. The molecule has 0 saturated carbocycles. The van der Waals surface area contributed by atoms with Crippen molar-refractivity contribution in [3.05, 3.63) is 0 Å². The van der Waals surface area contributed by atoms with Gasteiger partial charge in [0.25, 0.3) is 0 Å². The smallest absolute Gasteiger partial charge is 0.320 e. The van der Waals surface area contributed by atoms with Crippen LogP contribution in [0.2, 0.25) is 0 Å². The van der Waals surface area contributed by atoms with Crippen LogP contribution in [0.25, 0.3) is 0 Å². The third-order valence-electron chi connectivity index (χ3n) is 2.26. The van der Waals surface area contributed by atoms with Crippen molar-refractivity contribution in [3.63, 3.8) is 0 Å². The number of thioether (sulfide) groups is 1. The first-order valence-electron chi connectivity index (χ1n) is 4.62. The van der Waals surface area contributed by atoms with E-state index in [1.165, 1.54) is 11.8 Å². The molecule has 0 aliphatic carbocycles. The van der Waals surface area contributed by atoms with Gasteiger partial charge in [-0.05, 0) is 29.8 Å². The molecule has 1 aliphatic heterocycles. The molecule has 1 aliphatic rings. The van der Waals surface area contributed by atoms with Crippen molar-refractivity contribution in [2.75, 3.05) is 6.54 Å². The number of H-pyrrole nitrogens is 1. The highest BCUT2D eigenvalue weighted by molar-refractivity contribution is 7.99. The maximum absolute atomic E-state index is 10.8. The molecule has 0 bridgehead atoms. The molecule has 1 fully saturated rings. The van der Waals surface area contributed by atoms with Crippen LogP contribution < -0.4 is 5.32 Å². The van der Waals surface area contributed by atoms with Crippen LogP contribution in [0, 0.1) is 0 Å².